The Kier molecular flexibility index (Phi) is 11.0. The zero-order valence-corrected chi connectivity index (χ0v) is 20.9. The van der Waals surface area contributed by atoms with Gasteiger partial charge >= 0.3 is 0 Å². The third-order valence-corrected chi connectivity index (χ3v) is 5.01. The number of guanidine groups is 1. The zero-order valence-electron chi connectivity index (χ0n) is 17.7. The van der Waals surface area contributed by atoms with Crippen LogP contribution in [0, 0.1) is 0 Å². The summed E-state index contributed by atoms with van der Waals surface area (Å²) in [6.45, 7) is 4.09. The molecular weight excluding hydrogens is 499 g/mol. The molecule has 1 aromatic carbocycles. The van der Waals surface area contributed by atoms with E-state index in [1.807, 2.05) is 55.6 Å². The molecule has 0 saturated carbocycles. The Balaban J connectivity index is 0.00000420. The van der Waals surface area contributed by atoms with Crippen LogP contribution in [0.1, 0.15) is 28.5 Å². The van der Waals surface area contributed by atoms with Crippen LogP contribution in [0.2, 0.25) is 0 Å². The molecule has 0 atom stereocenters. The highest BCUT2D eigenvalue weighted by Crippen LogP contribution is 2.18. The molecule has 0 spiro atoms. The lowest BCUT2D eigenvalue weighted by atomic mass is 10.1. The van der Waals surface area contributed by atoms with Crippen molar-refractivity contribution in [1.29, 1.82) is 0 Å². The minimum atomic E-state index is 0. The number of carbonyl (C=O) groups is 1. The number of aromatic nitrogens is 1. The Hall–Kier alpha value is -1.88. The Labute approximate surface area is 194 Å². The molecule has 2 aromatic rings. The first kappa shape index (κ1) is 25.2. The smallest absolute Gasteiger partial charge is 0.253 e. The summed E-state index contributed by atoms with van der Waals surface area (Å²) in [4.78, 5) is 24.9. The lowest BCUT2D eigenvalue weighted by Gasteiger charge is -2.13. The molecule has 160 valence electrons. The molecule has 2 N–H and O–H groups in total. The van der Waals surface area contributed by atoms with Crippen molar-refractivity contribution in [2.24, 2.45) is 4.99 Å². The number of hydrogen-bond acceptors (Lipinski definition) is 5. The number of amides is 1. The standard InChI is InChI=1S/C20H30N6OS.HI/c1-6-21-19(23-13-17-14-28-20(24-17)26(4)5)22-11-10-15-8-7-9-16(12-15)18(27)25(2)3;/h7-9,12,14H,6,10-11,13H2,1-5H3,(H2,21,22,23);1H. The van der Waals surface area contributed by atoms with E-state index in [4.69, 9.17) is 0 Å². The number of nitrogens with one attached hydrogen (secondary N) is 2. The topological polar surface area (TPSA) is 72.9 Å². The summed E-state index contributed by atoms with van der Waals surface area (Å²) < 4.78 is 0. The molecule has 0 unspecified atom stereocenters. The van der Waals surface area contributed by atoms with Gasteiger partial charge in [-0.1, -0.05) is 12.1 Å². The SMILES string of the molecule is CCNC(=NCc1csc(N(C)C)n1)NCCc1cccc(C(=O)N(C)C)c1.I. The highest BCUT2D eigenvalue weighted by atomic mass is 127. The highest BCUT2D eigenvalue weighted by Gasteiger charge is 2.08. The third-order valence-electron chi connectivity index (χ3n) is 3.95. The number of aliphatic imine (C=N–C) groups is 1. The van der Waals surface area contributed by atoms with E-state index < -0.39 is 0 Å². The molecule has 0 aliphatic rings. The fourth-order valence-electron chi connectivity index (χ4n) is 2.52. The highest BCUT2D eigenvalue weighted by molar-refractivity contribution is 14.0. The first-order valence-electron chi connectivity index (χ1n) is 9.35. The third kappa shape index (κ3) is 8.17. The number of hydrogen-bond donors (Lipinski definition) is 2. The van der Waals surface area contributed by atoms with Gasteiger partial charge in [-0.15, -0.1) is 35.3 Å². The minimum Gasteiger partial charge on any atom is -0.357 e. The van der Waals surface area contributed by atoms with Gasteiger partial charge in [0.25, 0.3) is 5.91 Å². The van der Waals surface area contributed by atoms with Gasteiger partial charge in [0.05, 0.1) is 12.2 Å². The molecular formula is C20H31IN6OS. The van der Waals surface area contributed by atoms with Gasteiger partial charge in [0.2, 0.25) is 0 Å². The summed E-state index contributed by atoms with van der Waals surface area (Å²) in [7, 11) is 7.50. The lowest BCUT2D eigenvalue weighted by molar-refractivity contribution is 0.0827. The molecule has 0 aliphatic carbocycles. The summed E-state index contributed by atoms with van der Waals surface area (Å²) in [5, 5.41) is 9.62. The molecule has 1 aromatic heterocycles. The number of nitrogens with zero attached hydrogens (tertiary/aromatic N) is 4. The van der Waals surface area contributed by atoms with E-state index in [-0.39, 0.29) is 29.9 Å². The van der Waals surface area contributed by atoms with E-state index in [0.717, 1.165) is 41.9 Å². The van der Waals surface area contributed by atoms with Crippen LogP contribution < -0.4 is 15.5 Å². The maximum atomic E-state index is 12.1. The Bertz CT molecular complexity index is 806. The molecule has 1 amide bonds. The van der Waals surface area contributed by atoms with Crippen molar-refractivity contribution in [2.75, 3.05) is 46.2 Å². The number of carbonyl (C=O) groups excluding carboxylic acids is 1. The molecule has 2 rings (SSSR count). The number of halogens is 1. The van der Waals surface area contributed by atoms with Gasteiger partial charge in [-0.25, -0.2) is 9.98 Å². The summed E-state index contributed by atoms with van der Waals surface area (Å²) in [6, 6.07) is 7.76. The van der Waals surface area contributed by atoms with Crippen LogP contribution in [0.25, 0.3) is 0 Å². The number of rotatable bonds is 8. The summed E-state index contributed by atoms with van der Waals surface area (Å²) in [6.07, 6.45) is 0.806. The van der Waals surface area contributed by atoms with E-state index in [2.05, 4.69) is 20.6 Å². The predicted molar refractivity (Wildman–Crippen MR) is 133 cm³/mol. The fraction of sp³-hybridized carbons (Fsp3) is 0.450. The molecule has 29 heavy (non-hydrogen) atoms. The quantitative estimate of drug-likeness (QED) is 0.312. The van der Waals surface area contributed by atoms with Crippen molar-refractivity contribution in [3.63, 3.8) is 0 Å². The number of benzene rings is 1. The van der Waals surface area contributed by atoms with E-state index in [1.165, 1.54) is 0 Å². The van der Waals surface area contributed by atoms with Crippen molar-refractivity contribution in [1.82, 2.24) is 20.5 Å². The van der Waals surface area contributed by atoms with E-state index in [1.54, 1.807) is 30.3 Å². The molecule has 1 heterocycles. The average Bonchev–Trinajstić information content (AvgIpc) is 3.15. The monoisotopic (exact) mass is 530 g/mol. The van der Waals surface area contributed by atoms with Gasteiger partial charge in [0, 0.05) is 52.2 Å². The summed E-state index contributed by atoms with van der Waals surface area (Å²) in [5.74, 6) is 0.785. The van der Waals surface area contributed by atoms with Crippen molar-refractivity contribution in [3.8, 4) is 0 Å². The van der Waals surface area contributed by atoms with Crippen molar-refractivity contribution < 1.29 is 4.79 Å². The predicted octanol–water partition coefficient (Wildman–Crippen LogP) is 2.83. The average molecular weight is 530 g/mol. The molecule has 7 nitrogen and oxygen atoms in total. The van der Waals surface area contributed by atoms with Crippen LogP contribution in [0.4, 0.5) is 5.13 Å². The van der Waals surface area contributed by atoms with Crippen molar-refractivity contribution in [2.45, 2.75) is 19.9 Å². The van der Waals surface area contributed by atoms with Gasteiger partial charge in [-0.05, 0) is 31.0 Å². The fourth-order valence-corrected chi connectivity index (χ4v) is 3.27. The van der Waals surface area contributed by atoms with Crippen LogP contribution in [-0.4, -0.2) is 63.0 Å². The molecule has 0 radical (unpaired) electrons. The van der Waals surface area contributed by atoms with Gasteiger partial charge in [-0.2, -0.15) is 0 Å². The van der Waals surface area contributed by atoms with E-state index in [9.17, 15) is 4.79 Å². The summed E-state index contributed by atoms with van der Waals surface area (Å²) in [5.41, 5.74) is 2.79. The van der Waals surface area contributed by atoms with Gasteiger partial charge < -0.3 is 20.4 Å². The molecule has 0 fully saturated rings. The number of anilines is 1. The first-order valence-corrected chi connectivity index (χ1v) is 10.2. The van der Waals surface area contributed by atoms with Gasteiger partial charge in [-0.3, -0.25) is 4.79 Å². The van der Waals surface area contributed by atoms with Crippen LogP contribution in [-0.2, 0) is 13.0 Å². The molecule has 0 saturated heterocycles. The van der Waals surface area contributed by atoms with Crippen LogP contribution in [0.15, 0.2) is 34.6 Å². The Morgan fingerprint density at radius 2 is 1.97 bits per heavy atom. The second-order valence-corrected chi connectivity index (χ2v) is 7.62. The van der Waals surface area contributed by atoms with Crippen LogP contribution in [0.5, 0.6) is 0 Å². The second-order valence-electron chi connectivity index (χ2n) is 6.79. The van der Waals surface area contributed by atoms with Crippen molar-refractivity contribution >= 4 is 52.3 Å². The zero-order chi connectivity index (χ0) is 20.5. The van der Waals surface area contributed by atoms with Crippen molar-refractivity contribution in [3.05, 3.63) is 46.5 Å². The largest absolute Gasteiger partial charge is 0.357 e. The lowest BCUT2D eigenvalue weighted by Crippen LogP contribution is -2.38. The molecule has 0 bridgehead atoms. The maximum absolute atomic E-state index is 12.1. The maximum Gasteiger partial charge on any atom is 0.253 e. The molecule has 9 heteroatoms. The normalized spacial score (nSPS) is 10.9. The summed E-state index contributed by atoms with van der Waals surface area (Å²) >= 11 is 1.62. The molecule has 0 aliphatic heterocycles. The van der Waals surface area contributed by atoms with Crippen LogP contribution >= 0.6 is 35.3 Å². The second kappa shape index (κ2) is 12.6. The van der Waals surface area contributed by atoms with Gasteiger partial charge in [0.1, 0.15) is 0 Å². The number of thiazole rings is 1. The first-order chi connectivity index (χ1) is 13.4. The minimum absolute atomic E-state index is 0. The van der Waals surface area contributed by atoms with E-state index in [0.29, 0.717) is 12.1 Å². The van der Waals surface area contributed by atoms with Gasteiger partial charge in [0.15, 0.2) is 11.1 Å². The Morgan fingerprint density at radius 1 is 1.21 bits per heavy atom. The van der Waals surface area contributed by atoms with Crippen LogP contribution in [0.3, 0.4) is 0 Å². The Morgan fingerprint density at radius 3 is 2.59 bits per heavy atom. The van der Waals surface area contributed by atoms with E-state index >= 15 is 0 Å².